The maximum absolute atomic E-state index is 12.0. The number of ketones is 1. The second kappa shape index (κ2) is 55.5. The van der Waals surface area contributed by atoms with E-state index < -0.39 is 5.97 Å². The van der Waals surface area contributed by atoms with Gasteiger partial charge in [-0.1, -0.05) is 288 Å². The molecule has 0 fully saturated rings. The van der Waals surface area contributed by atoms with Crippen molar-refractivity contribution >= 4 is 46.3 Å². The van der Waals surface area contributed by atoms with Crippen LogP contribution in [0.3, 0.4) is 0 Å². The van der Waals surface area contributed by atoms with Crippen molar-refractivity contribution in [3.63, 3.8) is 0 Å². The number of carboxylic acids is 1. The summed E-state index contributed by atoms with van der Waals surface area (Å²) in [4.78, 5) is 44.0. The number of ether oxygens (including phenoxy) is 4. The minimum absolute atomic E-state index is 0.0117. The largest absolute Gasteiger partial charge is 0.508 e. The molecule has 0 atom stereocenters. The molecule has 0 heterocycles. The molecule has 0 aliphatic rings. The predicted octanol–water partition coefficient (Wildman–Crippen LogP) is 24.0. The Bertz CT molecular complexity index is 4530. The van der Waals surface area contributed by atoms with Crippen LogP contribution in [0.1, 0.15) is 135 Å². The zero-order valence-corrected chi connectivity index (χ0v) is 67.4. The first-order valence-corrected chi connectivity index (χ1v) is 40.6. The number of rotatable bonds is 38. The molecule has 0 aliphatic heterocycles. The summed E-state index contributed by atoms with van der Waals surface area (Å²) in [6.45, 7) is 4.44. The third-order valence-corrected chi connectivity index (χ3v) is 18.6. The molecule has 0 spiro atoms. The van der Waals surface area contributed by atoms with Gasteiger partial charge in [-0.15, -0.1) is 0 Å². The Morgan fingerprint density at radius 2 is 0.513 bits per heavy atom. The molecule has 0 saturated carbocycles. The van der Waals surface area contributed by atoms with E-state index in [1.807, 2.05) is 194 Å². The van der Waals surface area contributed by atoms with E-state index in [1.54, 1.807) is 42.7 Å². The third-order valence-electron chi connectivity index (χ3n) is 18.6. The first-order chi connectivity index (χ1) is 57.2. The molecule has 117 heavy (non-hydrogen) atoms. The van der Waals surface area contributed by atoms with E-state index in [0.29, 0.717) is 67.6 Å². The molecule has 16 heteroatoms. The van der Waals surface area contributed by atoms with Crippen LogP contribution in [-0.4, -0.2) is 65.4 Å². The molecule has 610 valence electrons. The summed E-state index contributed by atoms with van der Waals surface area (Å²) < 4.78 is 23.0. The lowest BCUT2D eigenvalue weighted by atomic mass is 10.1. The Balaban J connectivity index is 0.000000200. The van der Waals surface area contributed by atoms with Crippen LogP contribution in [0, 0.1) is 0 Å². The van der Waals surface area contributed by atoms with E-state index in [4.69, 9.17) is 51.6 Å². The standard InChI is InChI=1S/C25H28N2O2.C20H24O2.C19H23NO3.C19H22O3.C12H10O.C6H8N2/c26-23-12-7-8-13-24(23)27-25(28)14-6-1-2-9-19-29-22-17-15-21(16-18-22)20-10-4-3-5-11-20;1-17(21)9-5-2-3-8-16-22-20-14-12-19(13-15-20)18-10-6-4-7-11-18;21-19(20-22)10-6-1-2-7-15-23-18-13-11-17(12-14-18)16-8-4-3-5-9-16;20-19(21)10-6-1-2-7-15-22-18-13-11-17(12-14-18)16-8-4-3-5-9-16;13-12-8-6-11(7-9-12)10-4-2-1-3-5-10;7-5-3-1-2-4-6(5)8/h3-5,7-8,10-13,15-18H,1-2,6,9,14,19,26H2,(H,27,28);4,6-7,10-15H,2-3,5,8-9,16H2,1H3;3-5,8-9,11-14,22H,1-2,6-7,10,15H2,(H,20,21);3-5,8-9,11-14H,1-2,6-7,10,15H2,(H,20,21);1-9,13H;1-4H,7-8H2. The normalized spacial score (nSPS) is 10.2. The number of phenols is 1. The van der Waals surface area contributed by atoms with Crippen LogP contribution in [0.4, 0.5) is 22.7 Å². The number of carbonyl (C=O) groups excluding carboxylic acids is 3. The van der Waals surface area contributed by atoms with Crippen LogP contribution in [0.5, 0.6) is 28.7 Å². The number of carboxylic acid groups (broad SMARTS) is 1. The highest BCUT2D eigenvalue weighted by atomic mass is 16.5. The number of unbranched alkanes of at least 4 members (excludes halogenated alkanes) is 12. The molecule has 0 unspecified atom stereocenters. The van der Waals surface area contributed by atoms with Crippen molar-refractivity contribution in [3.05, 3.63) is 322 Å². The van der Waals surface area contributed by atoms with E-state index >= 15 is 0 Å². The number of nitrogens with two attached hydrogens (primary N) is 3. The Morgan fingerprint density at radius 1 is 0.274 bits per heavy atom. The number of benzene rings is 12. The van der Waals surface area contributed by atoms with Gasteiger partial charge in [0.15, 0.2) is 0 Å². The van der Waals surface area contributed by atoms with Crippen LogP contribution >= 0.6 is 0 Å². The fourth-order valence-corrected chi connectivity index (χ4v) is 12.0. The Morgan fingerprint density at radius 3 is 0.786 bits per heavy atom. The van der Waals surface area contributed by atoms with Crippen molar-refractivity contribution in [2.45, 2.75) is 135 Å². The number of hydroxylamine groups is 1. The summed E-state index contributed by atoms with van der Waals surface area (Å²) >= 11 is 0. The van der Waals surface area contributed by atoms with Gasteiger partial charge in [-0.25, -0.2) is 5.48 Å². The second-order valence-electron chi connectivity index (χ2n) is 27.9. The highest BCUT2D eigenvalue weighted by Crippen LogP contribution is 2.28. The number of phenolic OH excluding ortho intramolecular Hbond substituents is 1. The van der Waals surface area contributed by atoms with E-state index in [-0.39, 0.29) is 24.0 Å². The summed E-state index contributed by atoms with van der Waals surface area (Å²) in [6, 6.07) is 106. The average Bonchev–Trinajstić information content (AvgIpc) is 0.896. The molecule has 2 amide bonds. The molecule has 12 aromatic carbocycles. The SMILES string of the molecule is CC(=O)CCCCCCOc1ccc(-c2ccccc2)cc1.Nc1ccccc1N.Nc1ccccc1NC(=O)CCCCCCOc1ccc(-c2ccccc2)cc1.O=C(CCCCCCOc1ccc(-c2ccccc2)cc1)NO.O=C(O)CCCCCCOc1ccc(-c2ccccc2)cc1.Oc1ccc(-c2ccccc2)cc1. The number of aromatic hydroxyl groups is 1. The molecule has 0 aromatic heterocycles. The number of nitrogens with one attached hydrogen (secondary N) is 2. The van der Waals surface area contributed by atoms with Gasteiger partial charge in [-0.2, -0.15) is 0 Å². The summed E-state index contributed by atoms with van der Waals surface area (Å²) in [5, 5.41) is 28.9. The van der Waals surface area contributed by atoms with Crippen LogP contribution in [0.25, 0.3) is 55.6 Å². The van der Waals surface area contributed by atoms with Crippen molar-refractivity contribution in [3.8, 4) is 84.4 Å². The van der Waals surface area contributed by atoms with Crippen LogP contribution < -0.4 is 46.9 Å². The third kappa shape index (κ3) is 38.6. The van der Waals surface area contributed by atoms with Gasteiger partial charge in [0.25, 0.3) is 0 Å². The number of hydrogen-bond donors (Lipinski definition) is 8. The zero-order valence-electron chi connectivity index (χ0n) is 67.4. The smallest absolute Gasteiger partial charge is 0.303 e. The highest BCUT2D eigenvalue weighted by molar-refractivity contribution is 5.93. The number of para-hydroxylation sites is 4. The van der Waals surface area contributed by atoms with E-state index in [2.05, 4.69) is 102 Å². The minimum Gasteiger partial charge on any atom is -0.508 e. The quantitative estimate of drug-likeness (QED) is 0.00774. The molecule has 16 nitrogen and oxygen atoms in total. The Hall–Kier alpha value is -12.9. The van der Waals surface area contributed by atoms with Crippen LogP contribution in [-0.2, 0) is 19.2 Å². The van der Waals surface area contributed by atoms with Gasteiger partial charge in [0.2, 0.25) is 11.8 Å². The van der Waals surface area contributed by atoms with Crippen molar-refractivity contribution in [1.29, 1.82) is 0 Å². The first-order valence-electron chi connectivity index (χ1n) is 40.6. The number of aliphatic carboxylic acids is 1. The van der Waals surface area contributed by atoms with Gasteiger partial charge in [0.05, 0.1) is 49.2 Å². The molecular weight excluding hydrogens is 1460 g/mol. The van der Waals surface area contributed by atoms with Gasteiger partial charge in [-0.05, 0) is 199 Å². The summed E-state index contributed by atoms with van der Waals surface area (Å²) in [7, 11) is 0. The lowest BCUT2D eigenvalue weighted by Gasteiger charge is -2.08. The number of hydrogen-bond acceptors (Lipinski definition) is 13. The van der Waals surface area contributed by atoms with Crippen LogP contribution in [0.2, 0.25) is 0 Å². The number of nitrogen functional groups attached to an aromatic ring is 3. The first kappa shape index (κ1) is 91.3. The number of carbonyl (C=O) groups is 4. The molecule has 11 N–H and O–H groups in total. The second-order valence-corrected chi connectivity index (χ2v) is 27.9. The fourth-order valence-electron chi connectivity index (χ4n) is 12.0. The van der Waals surface area contributed by atoms with Crippen molar-refractivity contribution in [2.75, 3.05) is 48.9 Å². The molecule has 12 rings (SSSR count). The minimum atomic E-state index is -0.713. The monoisotopic (exact) mass is 1570 g/mol. The summed E-state index contributed by atoms with van der Waals surface area (Å²) in [5.41, 5.74) is 32.7. The van der Waals surface area contributed by atoms with Crippen molar-refractivity contribution in [2.24, 2.45) is 0 Å². The zero-order chi connectivity index (χ0) is 83.0. The van der Waals surface area contributed by atoms with Gasteiger partial charge in [0.1, 0.15) is 34.5 Å². The van der Waals surface area contributed by atoms with Crippen LogP contribution in [0.15, 0.2) is 322 Å². The van der Waals surface area contributed by atoms with Crippen molar-refractivity contribution < 1.29 is 53.5 Å². The molecule has 0 radical (unpaired) electrons. The summed E-state index contributed by atoms with van der Waals surface area (Å²) in [5.74, 6) is 3.14. The number of Topliss-reactive ketones (excluding diaryl/α,β-unsaturated/α-hetero) is 1. The lowest BCUT2D eigenvalue weighted by molar-refractivity contribution is -0.137. The van der Waals surface area contributed by atoms with Gasteiger partial charge in [-0.3, -0.25) is 19.6 Å². The summed E-state index contributed by atoms with van der Waals surface area (Å²) in [6.07, 6.45) is 17.4. The predicted molar refractivity (Wildman–Crippen MR) is 478 cm³/mol. The van der Waals surface area contributed by atoms with E-state index in [9.17, 15) is 19.2 Å². The average molecular weight is 1580 g/mol. The molecule has 0 aliphatic carbocycles. The maximum Gasteiger partial charge on any atom is 0.303 e. The topological polar surface area (TPSA) is 268 Å². The van der Waals surface area contributed by atoms with Gasteiger partial charge < -0.3 is 56.5 Å². The van der Waals surface area contributed by atoms with Crippen molar-refractivity contribution in [1.82, 2.24) is 5.48 Å². The Kier molecular flexibility index (Phi) is 43.3. The maximum atomic E-state index is 12.0. The lowest BCUT2D eigenvalue weighted by Crippen LogP contribution is -2.17. The molecule has 12 aromatic rings. The Labute approximate surface area is 691 Å². The van der Waals surface area contributed by atoms with Gasteiger partial charge in [0, 0.05) is 25.7 Å². The molecular formula is C101H115N5O11. The number of anilines is 4. The molecule has 0 saturated heterocycles. The van der Waals surface area contributed by atoms with E-state index in [0.717, 1.165) is 138 Å². The van der Waals surface area contributed by atoms with E-state index in [1.165, 1.54) is 50.1 Å². The highest BCUT2D eigenvalue weighted by Gasteiger charge is 2.08. The number of amides is 2. The molecule has 0 bridgehead atoms. The van der Waals surface area contributed by atoms with Gasteiger partial charge >= 0.3 is 5.97 Å². The fraction of sp³-hybridized carbons (Fsp3) is 0.248.